The molecule has 3 aromatic rings. The Bertz CT molecular complexity index is 880. The lowest BCUT2D eigenvalue weighted by molar-refractivity contribution is 0.415. The normalized spacial score (nSPS) is 10.9. The van der Waals surface area contributed by atoms with Crippen LogP contribution in [0.5, 0.6) is 5.75 Å². The van der Waals surface area contributed by atoms with Crippen LogP contribution in [0.3, 0.4) is 0 Å². The molecule has 3 N–H and O–H groups in total. The molecule has 0 spiro atoms. The number of halogens is 1. The summed E-state index contributed by atoms with van der Waals surface area (Å²) in [4.78, 5) is 9.12. The fraction of sp³-hybridized carbons (Fsp3) is 0.286. The third-order valence-corrected chi connectivity index (χ3v) is 4.16. The van der Waals surface area contributed by atoms with Crippen molar-refractivity contribution in [2.45, 2.75) is 19.9 Å². The maximum atomic E-state index is 5.18. The van der Waals surface area contributed by atoms with Gasteiger partial charge >= 0.3 is 0 Å². The van der Waals surface area contributed by atoms with Gasteiger partial charge in [0.1, 0.15) is 18.1 Å². The van der Waals surface area contributed by atoms with Crippen LogP contribution >= 0.6 is 24.0 Å². The maximum Gasteiger partial charge on any atom is 0.191 e. The quantitative estimate of drug-likeness (QED) is 0.248. The number of rotatable bonds is 8. The summed E-state index contributed by atoms with van der Waals surface area (Å²) in [5.74, 6) is 2.93. The minimum absolute atomic E-state index is 0. The van der Waals surface area contributed by atoms with Gasteiger partial charge in [0.25, 0.3) is 0 Å². The van der Waals surface area contributed by atoms with Gasteiger partial charge in [0.2, 0.25) is 0 Å². The van der Waals surface area contributed by atoms with Gasteiger partial charge in [-0.25, -0.2) is 9.98 Å². The summed E-state index contributed by atoms with van der Waals surface area (Å²) in [6, 6.07) is 18.0. The van der Waals surface area contributed by atoms with Crippen LogP contribution in [0.1, 0.15) is 18.3 Å². The number of guanidine groups is 1. The van der Waals surface area contributed by atoms with Gasteiger partial charge in [-0.2, -0.15) is 5.10 Å². The Morgan fingerprint density at radius 1 is 1.07 bits per heavy atom. The fourth-order valence-corrected chi connectivity index (χ4v) is 2.70. The Labute approximate surface area is 188 Å². The van der Waals surface area contributed by atoms with E-state index in [1.807, 2.05) is 37.3 Å². The minimum Gasteiger partial charge on any atom is -0.497 e. The Balaban J connectivity index is 0.00000300. The average molecular weight is 506 g/mol. The summed E-state index contributed by atoms with van der Waals surface area (Å²) in [5.41, 5.74) is 2.23. The SMILES string of the molecule is CCNC(=NCc1nc(-c2ccc(OC)cc2)n[nH]1)NCCc1ccccc1.I. The highest BCUT2D eigenvalue weighted by atomic mass is 127. The van der Waals surface area contributed by atoms with Crippen molar-refractivity contribution in [3.05, 3.63) is 66.0 Å². The van der Waals surface area contributed by atoms with Gasteiger partial charge in [-0.15, -0.1) is 24.0 Å². The largest absolute Gasteiger partial charge is 0.497 e. The molecule has 0 unspecified atom stereocenters. The summed E-state index contributed by atoms with van der Waals surface area (Å²) in [7, 11) is 1.65. The van der Waals surface area contributed by atoms with E-state index in [0.29, 0.717) is 18.2 Å². The van der Waals surface area contributed by atoms with Gasteiger partial charge in [0, 0.05) is 18.7 Å². The first-order chi connectivity index (χ1) is 13.8. The number of nitrogens with zero attached hydrogens (tertiary/aromatic N) is 3. The van der Waals surface area contributed by atoms with Gasteiger partial charge in [-0.3, -0.25) is 5.10 Å². The van der Waals surface area contributed by atoms with Crippen molar-refractivity contribution in [1.82, 2.24) is 25.8 Å². The zero-order valence-corrected chi connectivity index (χ0v) is 19.0. The second-order valence-corrected chi connectivity index (χ2v) is 6.19. The molecule has 8 heteroatoms. The molecule has 0 fully saturated rings. The molecule has 2 aromatic carbocycles. The predicted octanol–water partition coefficient (Wildman–Crippen LogP) is 3.40. The number of ether oxygens (including phenoxy) is 1. The highest BCUT2D eigenvalue weighted by molar-refractivity contribution is 14.0. The zero-order chi connectivity index (χ0) is 19.6. The van der Waals surface area contributed by atoms with E-state index >= 15 is 0 Å². The van der Waals surface area contributed by atoms with Crippen molar-refractivity contribution >= 4 is 29.9 Å². The van der Waals surface area contributed by atoms with Crippen LogP contribution in [0, 0.1) is 0 Å². The molecule has 29 heavy (non-hydrogen) atoms. The summed E-state index contributed by atoms with van der Waals surface area (Å²) in [5, 5.41) is 13.8. The molecule has 3 rings (SSSR count). The molecule has 0 saturated heterocycles. The number of nitrogens with one attached hydrogen (secondary N) is 3. The van der Waals surface area contributed by atoms with Gasteiger partial charge in [-0.05, 0) is 43.2 Å². The predicted molar refractivity (Wildman–Crippen MR) is 127 cm³/mol. The molecule has 0 bridgehead atoms. The van der Waals surface area contributed by atoms with E-state index in [9.17, 15) is 0 Å². The number of H-pyrrole nitrogens is 1. The molecule has 0 atom stereocenters. The van der Waals surface area contributed by atoms with Gasteiger partial charge < -0.3 is 15.4 Å². The van der Waals surface area contributed by atoms with Crippen molar-refractivity contribution in [3.63, 3.8) is 0 Å². The molecular formula is C21H27IN6O. The molecule has 0 aliphatic heterocycles. The van der Waals surface area contributed by atoms with Crippen molar-refractivity contribution < 1.29 is 4.74 Å². The van der Waals surface area contributed by atoms with Crippen LogP contribution in [0.2, 0.25) is 0 Å². The van der Waals surface area contributed by atoms with Crippen LogP contribution in [-0.2, 0) is 13.0 Å². The molecule has 154 valence electrons. The van der Waals surface area contributed by atoms with Gasteiger partial charge in [0.05, 0.1) is 7.11 Å². The Hall–Kier alpha value is -2.62. The number of methoxy groups -OCH3 is 1. The first-order valence-electron chi connectivity index (χ1n) is 9.40. The minimum atomic E-state index is 0. The number of aliphatic imine (C=N–C) groups is 1. The maximum absolute atomic E-state index is 5.18. The van der Waals surface area contributed by atoms with Crippen molar-refractivity contribution in [3.8, 4) is 17.1 Å². The van der Waals surface area contributed by atoms with Gasteiger partial charge in [-0.1, -0.05) is 30.3 Å². The van der Waals surface area contributed by atoms with Crippen LogP contribution in [0.15, 0.2) is 59.6 Å². The van der Waals surface area contributed by atoms with E-state index in [1.165, 1.54) is 5.56 Å². The lowest BCUT2D eigenvalue weighted by Crippen LogP contribution is -2.38. The third kappa shape index (κ3) is 7.04. The monoisotopic (exact) mass is 506 g/mol. The molecular weight excluding hydrogens is 479 g/mol. The second-order valence-electron chi connectivity index (χ2n) is 6.19. The first kappa shape index (κ1) is 22.7. The highest BCUT2D eigenvalue weighted by Crippen LogP contribution is 2.18. The molecule has 7 nitrogen and oxygen atoms in total. The topological polar surface area (TPSA) is 87.2 Å². The smallest absolute Gasteiger partial charge is 0.191 e. The molecule has 0 aliphatic rings. The summed E-state index contributed by atoms with van der Waals surface area (Å²) in [6.07, 6.45) is 0.940. The Morgan fingerprint density at radius 3 is 2.52 bits per heavy atom. The van der Waals surface area contributed by atoms with Crippen molar-refractivity contribution in [1.29, 1.82) is 0 Å². The first-order valence-corrected chi connectivity index (χ1v) is 9.40. The summed E-state index contributed by atoms with van der Waals surface area (Å²) >= 11 is 0. The van der Waals surface area contributed by atoms with E-state index < -0.39 is 0 Å². The molecule has 1 aromatic heterocycles. The van der Waals surface area contributed by atoms with Gasteiger partial charge in [0.15, 0.2) is 11.8 Å². The molecule has 0 radical (unpaired) electrons. The third-order valence-electron chi connectivity index (χ3n) is 4.16. The van der Waals surface area contributed by atoms with E-state index in [-0.39, 0.29) is 24.0 Å². The number of aromatic amines is 1. The van der Waals surface area contributed by atoms with E-state index in [2.05, 4.69) is 55.1 Å². The number of aromatic nitrogens is 3. The highest BCUT2D eigenvalue weighted by Gasteiger charge is 2.06. The lowest BCUT2D eigenvalue weighted by Gasteiger charge is -2.10. The van der Waals surface area contributed by atoms with Crippen LogP contribution in [0.25, 0.3) is 11.4 Å². The van der Waals surface area contributed by atoms with E-state index in [0.717, 1.165) is 36.8 Å². The second kappa shape index (κ2) is 12.1. The summed E-state index contributed by atoms with van der Waals surface area (Å²) < 4.78 is 5.18. The average Bonchev–Trinajstić information content (AvgIpc) is 3.22. The number of hydrogen-bond donors (Lipinski definition) is 3. The van der Waals surface area contributed by atoms with Crippen LogP contribution < -0.4 is 15.4 Å². The van der Waals surface area contributed by atoms with Crippen LogP contribution in [-0.4, -0.2) is 41.3 Å². The lowest BCUT2D eigenvalue weighted by atomic mass is 10.1. The molecule has 0 aliphatic carbocycles. The Morgan fingerprint density at radius 2 is 1.83 bits per heavy atom. The van der Waals surface area contributed by atoms with Crippen LogP contribution in [0.4, 0.5) is 0 Å². The van der Waals surface area contributed by atoms with Crippen molar-refractivity contribution in [2.75, 3.05) is 20.2 Å². The molecule has 0 amide bonds. The van der Waals surface area contributed by atoms with Crippen molar-refractivity contribution in [2.24, 2.45) is 4.99 Å². The number of benzene rings is 2. The standard InChI is InChI=1S/C21H26N6O.HI/c1-3-22-21(23-14-13-16-7-5-4-6-8-16)24-15-19-25-20(27-26-19)17-9-11-18(28-2)12-10-17;/h4-12H,3,13-15H2,1-2H3,(H2,22,23,24)(H,25,26,27);1H. The van der Waals surface area contributed by atoms with E-state index in [1.54, 1.807) is 7.11 Å². The molecule has 1 heterocycles. The zero-order valence-electron chi connectivity index (χ0n) is 16.7. The van der Waals surface area contributed by atoms with E-state index in [4.69, 9.17) is 4.74 Å². The number of hydrogen-bond acceptors (Lipinski definition) is 4. The summed E-state index contributed by atoms with van der Waals surface area (Å²) in [6.45, 7) is 4.07. The Kier molecular flexibility index (Phi) is 9.42. The molecule has 0 saturated carbocycles. The fourth-order valence-electron chi connectivity index (χ4n) is 2.70.